The first kappa shape index (κ1) is 25.4. The van der Waals surface area contributed by atoms with Gasteiger partial charge in [-0.3, -0.25) is 14.6 Å². The molecule has 2 aromatic carbocycles. The minimum Gasteiger partial charge on any atom is -0.494 e. The number of ether oxygens (including phenoxy) is 1. The van der Waals surface area contributed by atoms with E-state index in [1.54, 1.807) is 12.1 Å². The van der Waals surface area contributed by atoms with E-state index in [4.69, 9.17) is 4.74 Å². The molecule has 2 N–H and O–H groups in total. The highest BCUT2D eigenvalue weighted by molar-refractivity contribution is 6.45. The number of rotatable bonds is 6. The van der Waals surface area contributed by atoms with Gasteiger partial charge in [-0.1, -0.05) is 42.5 Å². The van der Waals surface area contributed by atoms with E-state index in [0.29, 0.717) is 59.4 Å². The Bertz CT molecular complexity index is 1670. The van der Waals surface area contributed by atoms with Crippen LogP contribution < -0.4 is 4.74 Å². The van der Waals surface area contributed by atoms with Gasteiger partial charge in [0.2, 0.25) is 0 Å². The molecule has 4 aromatic rings. The molecule has 0 radical (unpaired) electrons. The number of nitriles is 1. The van der Waals surface area contributed by atoms with Gasteiger partial charge in [-0.2, -0.15) is 5.26 Å². The monoisotopic (exact) mass is 520 g/mol. The summed E-state index contributed by atoms with van der Waals surface area (Å²) < 4.78 is 5.46. The van der Waals surface area contributed by atoms with E-state index in [-0.39, 0.29) is 11.1 Å². The third-order valence-corrected chi connectivity index (χ3v) is 6.90. The quantitative estimate of drug-likeness (QED) is 0.213. The van der Waals surface area contributed by atoms with Crippen LogP contribution in [0.25, 0.3) is 27.7 Å². The number of likely N-dealkylation sites (tertiary alicyclic amines) is 1. The van der Waals surface area contributed by atoms with Gasteiger partial charge in [0.05, 0.1) is 52.7 Å². The van der Waals surface area contributed by atoms with Crippen LogP contribution >= 0.6 is 0 Å². The Morgan fingerprint density at radius 1 is 1.05 bits per heavy atom. The average Bonchev–Trinajstić information content (AvgIpc) is 3.43. The van der Waals surface area contributed by atoms with Crippen LogP contribution in [0.3, 0.4) is 0 Å². The molecule has 1 saturated heterocycles. The number of carboxylic acid groups (broad SMARTS) is 1. The van der Waals surface area contributed by atoms with E-state index < -0.39 is 17.7 Å². The van der Waals surface area contributed by atoms with Crippen molar-refractivity contribution in [3.63, 3.8) is 0 Å². The Kier molecular flexibility index (Phi) is 6.93. The summed E-state index contributed by atoms with van der Waals surface area (Å²) in [5.41, 5.74) is 4.09. The largest absolute Gasteiger partial charge is 0.494 e. The van der Waals surface area contributed by atoms with Gasteiger partial charge in [0.1, 0.15) is 5.75 Å². The summed E-state index contributed by atoms with van der Waals surface area (Å²) >= 11 is 0. The molecule has 2 aromatic heterocycles. The van der Waals surface area contributed by atoms with Crippen molar-refractivity contribution in [2.45, 2.75) is 12.8 Å². The number of H-pyrrole nitrogens is 1. The lowest BCUT2D eigenvalue weighted by molar-refractivity contribution is -0.126. The molecular formula is C30H24N4O5. The van der Waals surface area contributed by atoms with Crippen LogP contribution in [0.5, 0.6) is 5.75 Å². The minimum atomic E-state index is -1.07. The predicted octanol–water partition coefficient (Wildman–Crippen LogP) is 4.72. The van der Waals surface area contributed by atoms with Crippen LogP contribution in [-0.4, -0.2) is 57.8 Å². The minimum absolute atomic E-state index is 0.0987. The number of methoxy groups -OCH3 is 1. The first-order valence-corrected chi connectivity index (χ1v) is 12.3. The number of pyridine rings is 1. The highest BCUT2D eigenvalue weighted by Gasteiger charge is 2.30. The number of aromatic amines is 1. The number of hydrogen-bond donors (Lipinski definition) is 2. The number of hydrogen-bond acceptors (Lipinski definition) is 6. The second-order valence-corrected chi connectivity index (χ2v) is 9.09. The van der Waals surface area contributed by atoms with Crippen LogP contribution in [-0.2, 0) is 4.79 Å². The maximum atomic E-state index is 13.4. The van der Waals surface area contributed by atoms with E-state index in [1.165, 1.54) is 36.5 Å². The molecular weight excluding hydrogens is 496 g/mol. The number of fused-ring (bicyclic) bond motifs is 1. The summed E-state index contributed by atoms with van der Waals surface area (Å²) in [6, 6.07) is 18.0. The van der Waals surface area contributed by atoms with Crippen molar-refractivity contribution in [1.82, 2.24) is 14.9 Å². The number of piperidine rings is 1. The molecule has 9 heteroatoms. The molecule has 39 heavy (non-hydrogen) atoms. The number of carbonyl (C=O) groups excluding carboxylic acids is 2. The third kappa shape index (κ3) is 4.76. The Labute approximate surface area is 224 Å². The Morgan fingerprint density at radius 3 is 2.44 bits per heavy atom. The molecule has 1 fully saturated rings. The first-order valence-electron chi connectivity index (χ1n) is 12.3. The number of aromatic carboxylic acids is 1. The SMILES string of the molecule is COc1cnc(-c2cccc(C(=O)O)c2)c2[nH]cc(C(=O)C(=O)N3CCC(=C(C#N)c4ccccc4)CC3)c12. The number of carbonyl (C=O) groups is 3. The standard InChI is InChI=1S/C30H24N4O5/c1-39-24-17-33-26(20-8-5-9-21(14-20)30(37)38)27-25(24)23(16-32-27)28(35)29(36)34-12-10-19(11-13-34)22(15-31)18-6-3-2-4-7-18/h2-9,14,16-17,32H,10-13H2,1H3,(H,37,38). The molecule has 194 valence electrons. The van der Waals surface area contributed by atoms with Crippen LogP contribution in [0.1, 0.15) is 39.1 Å². The van der Waals surface area contributed by atoms with Gasteiger partial charge < -0.3 is 19.7 Å². The Balaban J connectivity index is 1.43. The van der Waals surface area contributed by atoms with E-state index in [1.807, 2.05) is 30.3 Å². The predicted molar refractivity (Wildman–Crippen MR) is 144 cm³/mol. The van der Waals surface area contributed by atoms with Crippen molar-refractivity contribution in [3.05, 3.63) is 89.3 Å². The Morgan fingerprint density at radius 2 is 1.77 bits per heavy atom. The van der Waals surface area contributed by atoms with Crippen LogP contribution in [0.15, 0.2) is 72.6 Å². The molecule has 0 spiro atoms. The van der Waals surface area contributed by atoms with E-state index in [0.717, 1.165) is 11.1 Å². The fourth-order valence-electron chi connectivity index (χ4n) is 4.91. The van der Waals surface area contributed by atoms with Crippen molar-refractivity contribution in [3.8, 4) is 23.1 Å². The summed E-state index contributed by atoms with van der Waals surface area (Å²) in [7, 11) is 1.45. The molecule has 1 aliphatic rings. The number of ketones is 1. The Hall–Kier alpha value is -5.23. The number of Topliss-reactive ketones (excluding diaryl/α,β-unsaturated/α-hetero) is 1. The second-order valence-electron chi connectivity index (χ2n) is 9.09. The van der Waals surface area contributed by atoms with Crippen LogP contribution in [0.4, 0.5) is 0 Å². The second kappa shape index (κ2) is 10.6. The first-order chi connectivity index (χ1) is 18.9. The molecule has 1 amide bonds. The summed E-state index contributed by atoms with van der Waals surface area (Å²) in [4.78, 5) is 47.2. The van der Waals surface area contributed by atoms with Crippen molar-refractivity contribution < 1.29 is 24.2 Å². The average molecular weight is 521 g/mol. The van der Waals surface area contributed by atoms with Gasteiger partial charge in [0.25, 0.3) is 11.7 Å². The zero-order chi connectivity index (χ0) is 27.5. The molecule has 0 aliphatic carbocycles. The summed E-state index contributed by atoms with van der Waals surface area (Å²) in [5, 5.41) is 19.5. The van der Waals surface area contributed by atoms with E-state index in [9.17, 15) is 24.8 Å². The lowest BCUT2D eigenvalue weighted by Crippen LogP contribution is -2.40. The van der Waals surface area contributed by atoms with Crippen molar-refractivity contribution in [1.29, 1.82) is 5.26 Å². The van der Waals surface area contributed by atoms with E-state index >= 15 is 0 Å². The van der Waals surface area contributed by atoms with Gasteiger partial charge in [-0.15, -0.1) is 0 Å². The topological polar surface area (TPSA) is 136 Å². The highest BCUT2D eigenvalue weighted by Crippen LogP contribution is 2.35. The lowest BCUT2D eigenvalue weighted by atomic mass is 9.93. The number of nitrogens with one attached hydrogen (secondary N) is 1. The fraction of sp³-hybridized carbons (Fsp3) is 0.167. The van der Waals surface area contributed by atoms with Gasteiger partial charge in [0, 0.05) is 24.8 Å². The highest BCUT2D eigenvalue weighted by atomic mass is 16.5. The number of nitrogens with zero attached hydrogens (tertiary/aromatic N) is 3. The molecule has 3 heterocycles. The fourth-order valence-corrected chi connectivity index (χ4v) is 4.91. The molecule has 9 nitrogen and oxygen atoms in total. The third-order valence-electron chi connectivity index (χ3n) is 6.90. The number of amides is 1. The number of allylic oxidation sites excluding steroid dienone is 1. The number of benzene rings is 2. The number of aromatic nitrogens is 2. The number of carboxylic acids is 1. The van der Waals surface area contributed by atoms with Gasteiger partial charge in [0.15, 0.2) is 0 Å². The maximum Gasteiger partial charge on any atom is 0.335 e. The van der Waals surface area contributed by atoms with E-state index in [2.05, 4.69) is 16.0 Å². The van der Waals surface area contributed by atoms with Crippen molar-refractivity contribution in [2.75, 3.05) is 20.2 Å². The molecule has 0 unspecified atom stereocenters. The van der Waals surface area contributed by atoms with Gasteiger partial charge in [-0.05, 0) is 36.1 Å². The summed E-state index contributed by atoms with van der Waals surface area (Å²) in [5.74, 6) is -2.08. The molecule has 0 saturated carbocycles. The van der Waals surface area contributed by atoms with Gasteiger partial charge in [-0.25, -0.2) is 4.79 Å². The zero-order valence-corrected chi connectivity index (χ0v) is 21.1. The zero-order valence-electron chi connectivity index (χ0n) is 21.1. The maximum absolute atomic E-state index is 13.4. The molecule has 1 aliphatic heterocycles. The summed E-state index contributed by atoms with van der Waals surface area (Å²) in [6.07, 6.45) is 3.91. The summed E-state index contributed by atoms with van der Waals surface area (Å²) in [6.45, 7) is 0.651. The molecule has 0 atom stereocenters. The van der Waals surface area contributed by atoms with Gasteiger partial charge >= 0.3 is 5.97 Å². The van der Waals surface area contributed by atoms with Crippen LogP contribution in [0, 0.1) is 11.3 Å². The van der Waals surface area contributed by atoms with Crippen molar-refractivity contribution >= 4 is 34.1 Å². The normalized spacial score (nSPS) is 13.1. The molecule has 5 rings (SSSR count). The van der Waals surface area contributed by atoms with Crippen molar-refractivity contribution in [2.24, 2.45) is 0 Å². The smallest absolute Gasteiger partial charge is 0.335 e. The van der Waals surface area contributed by atoms with Crippen LogP contribution in [0.2, 0.25) is 0 Å². The molecule has 0 bridgehead atoms. The lowest BCUT2D eigenvalue weighted by Gasteiger charge is -2.28.